The maximum Gasteiger partial charge on any atom is 0.0838 e. The van der Waals surface area contributed by atoms with Crippen molar-refractivity contribution < 1.29 is 9.84 Å². The monoisotopic (exact) mass is 199 g/mol. The van der Waals surface area contributed by atoms with E-state index in [0.717, 1.165) is 25.7 Å². The molecule has 2 fully saturated rings. The molecule has 1 heterocycles. The summed E-state index contributed by atoms with van der Waals surface area (Å²) in [7, 11) is 0. The minimum atomic E-state index is -0.639. The average Bonchev–Trinajstić information content (AvgIpc) is 2.01. The van der Waals surface area contributed by atoms with E-state index in [1.165, 1.54) is 0 Å². The first-order valence-electron chi connectivity index (χ1n) is 5.46. The van der Waals surface area contributed by atoms with E-state index in [4.69, 9.17) is 10.5 Å². The van der Waals surface area contributed by atoms with E-state index in [1.807, 2.05) is 0 Å². The standard InChI is InChI=1S/C11H21NO2/c1-9(2)7-11(13,8-9)10(12)3-5-14-6-4-10/h13H,3-8,12H2,1-2H3. The van der Waals surface area contributed by atoms with E-state index in [1.54, 1.807) is 0 Å². The van der Waals surface area contributed by atoms with Crippen molar-refractivity contribution in [2.24, 2.45) is 11.1 Å². The summed E-state index contributed by atoms with van der Waals surface area (Å²) in [6, 6.07) is 0. The van der Waals surface area contributed by atoms with Gasteiger partial charge in [0.25, 0.3) is 0 Å². The van der Waals surface area contributed by atoms with Crippen LogP contribution >= 0.6 is 0 Å². The van der Waals surface area contributed by atoms with Gasteiger partial charge in [-0.15, -0.1) is 0 Å². The van der Waals surface area contributed by atoms with E-state index in [-0.39, 0.29) is 5.41 Å². The van der Waals surface area contributed by atoms with Gasteiger partial charge in [0.05, 0.1) is 5.60 Å². The van der Waals surface area contributed by atoms with E-state index < -0.39 is 11.1 Å². The average molecular weight is 199 g/mol. The highest BCUT2D eigenvalue weighted by molar-refractivity contribution is 5.14. The molecule has 0 unspecified atom stereocenters. The van der Waals surface area contributed by atoms with Gasteiger partial charge in [-0.25, -0.2) is 0 Å². The summed E-state index contributed by atoms with van der Waals surface area (Å²) >= 11 is 0. The summed E-state index contributed by atoms with van der Waals surface area (Å²) in [4.78, 5) is 0. The fraction of sp³-hybridized carbons (Fsp3) is 1.00. The molecular formula is C11H21NO2. The molecule has 3 heteroatoms. The lowest BCUT2D eigenvalue weighted by Gasteiger charge is -2.59. The summed E-state index contributed by atoms with van der Waals surface area (Å²) in [5.74, 6) is 0. The topological polar surface area (TPSA) is 55.5 Å². The predicted octanol–water partition coefficient (Wildman–Crippen LogP) is 1.05. The van der Waals surface area contributed by atoms with Crippen molar-refractivity contribution in [1.29, 1.82) is 0 Å². The van der Waals surface area contributed by atoms with Crippen LogP contribution in [0.5, 0.6) is 0 Å². The van der Waals surface area contributed by atoms with Gasteiger partial charge in [-0.3, -0.25) is 0 Å². The van der Waals surface area contributed by atoms with Crippen LogP contribution in [0.1, 0.15) is 39.5 Å². The molecule has 2 aliphatic rings. The maximum absolute atomic E-state index is 10.4. The predicted molar refractivity (Wildman–Crippen MR) is 54.9 cm³/mol. The molecule has 0 amide bonds. The van der Waals surface area contributed by atoms with Crippen LogP contribution in [0.4, 0.5) is 0 Å². The Kier molecular flexibility index (Phi) is 2.18. The Morgan fingerprint density at radius 1 is 1.14 bits per heavy atom. The Bertz CT molecular complexity index is 223. The summed E-state index contributed by atoms with van der Waals surface area (Å²) in [6.07, 6.45) is 3.24. The number of aliphatic hydroxyl groups is 1. The number of nitrogens with two attached hydrogens (primary N) is 1. The zero-order chi connectivity index (χ0) is 10.4. The number of hydrogen-bond donors (Lipinski definition) is 2. The maximum atomic E-state index is 10.4. The molecule has 0 bridgehead atoms. The van der Waals surface area contributed by atoms with Gasteiger partial charge in [0, 0.05) is 18.8 Å². The molecule has 0 spiro atoms. The van der Waals surface area contributed by atoms with Gasteiger partial charge in [0.2, 0.25) is 0 Å². The number of hydrogen-bond acceptors (Lipinski definition) is 3. The molecular weight excluding hydrogens is 178 g/mol. The molecule has 14 heavy (non-hydrogen) atoms. The Morgan fingerprint density at radius 3 is 2.07 bits per heavy atom. The van der Waals surface area contributed by atoms with Crippen LogP contribution in [0.15, 0.2) is 0 Å². The summed E-state index contributed by atoms with van der Waals surface area (Å²) in [6.45, 7) is 5.76. The molecule has 2 rings (SSSR count). The molecule has 0 aromatic rings. The first kappa shape index (κ1) is 10.4. The van der Waals surface area contributed by atoms with Crippen LogP contribution in [-0.4, -0.2) is 29.5 Å². The van der Waals surface area contributed by atoms with E-state index >= 15 is 0 Å². The fourth-order valence-electron chi connectivity index (χ4n) is 3.08. The van der Waals surface area contributed by atoms with E-state index in [0.29, 0.717) is 13.2 Å². The largest absolute Gasteiger partial charge is 0.388 e. The Balaban J connectivity index is 2.07. The van der Waals surface area contributed by atoms with Crippen LogP contribution < -0.4 is 5.73 Å². The van der Waals surface area contributed by atoms with Crippen LogP contribution in [0.3, 0.4) is 0 Å². The summed E-state index contributed by atoms with van der Waals surface area (Å²) in [5.41, 5.74) is 5.51. The second-order valence-corrected chi connectivity index (χ2v) is 5.82. The highest BCUT2D eigenvalue weighted by Crippen LogP contribution is 2.54. The molecule has 1 saturated carbocycles. The zero-order valence-electron chi connectivity index (χ0n) is 9.18. The molecule has 3 N–H and O–H groups in total. The first-order chi connectivity index (χ1) is 6.37. The third kappa shape index (κ3) is 1.47. The molecule has 0 aromatic carbocycles. The van der Waals surface area contributed by atoms with E-state index in [9.17, 15) is 5.11 Å². The Hall–Kier alpha value is -0.120. The van der Waals surface area contributed by atoms with Gasteiger partial charge in [0.15, 0.2) is 0 Å². The molecule has 0 aromatic heterocycles. The van der Waals surface area contributed by atoms with Gasteiger partial charge in [0.1, 0.15) is 0 Å². The fourth-order valence-corrected chi connectivity index (χ4v) is 3.08. The third-order valence-electron chi connectivity index (χ3n) is 3.85. The molecule has 3 nitrogen and oxygen atoms in total. The molecule has 82 valence electrons. The quantitative estimate of drug-likeness (QED) is 0.663. The van der Waals surface area contributed by atoms with Gasteiger partial charge >= 0.3 is 0 Å². The lowest BCUT2D eigenvalue weighted by Crippen LogP contribution is -2.70. The van der Waals surface area contributed by atoms with Crippen molar-refractivity contribution in [3.63, 3.8) is 0 Å². The number of rotatable bonds is 1. The summed E-state index contributed by atoms with van der Waals surface area (Å²) < 4.78 is 5.29. The molecule has 1 aliphatic carbocycles. The normalized spacial score (nSPS) is 33.4. The first-order valence-corrected chi connectivity index (χ1v) is 5.46. The lowest BCUT2D eigenvalue weighted by molar-refractivity contribution is -0.180. The molecule has 1 saturated heterocycles. The summed E-state index contributed by atoms with van der Waals surface area (Å²) in [5, 5.41) is 10.4. The molecule has 1 aliphatic heterocycles. The Labute approximate surface area is 85.6 Å². The third-order valence-corrected chi connectivity index (χ3v) is 3.85. The van der Waals surface area contributed by atoms with Crippen molar-refractivity contribution >= 4 is 0 Å². The van der Waals surface area contributed by atoms with E-state index in [2.05, 4.69) is 13.8 Å². The Morgan fingerprint density at radius 2 is 1.64 bits per heavy atom. The highest BCUT2D eigenvalue weighted by atomic mass is 16.5. The number of ether oxygens (including phenoxy) is 1. The smallest absolute Gasteiger partial charge is 0.0838 e. The lowest BCUT2D eigenvalue weighted by atomic mass is 9.53. The highest BCUT2D eigenvalue weighted by Gasteiger charge is 2.58. The van der Waals surface area contributed by atoms with Gasteiger partial charge in [-0.1, -0.05) is 13.8 Å². The van der Waals surface area contributed by atoms with Crippen molar-refractivity contribution in [1.82, 2.24) is 0 Å². The van der Waals surface area contributed by atoms with Crippen molar-refractivity contribution in [2.75, 3.05) is 13.2 Å². The minimum absolute atomic E-state index is 0.263. The molecule has 0 radical (unpaired) electrons. The van der Waals surface area contributed by atoms with Crippen molar-refractivity contribution in [2.45, 2.75) is 50.7 Å². The zero-order valence-corrected chi connectivity index (χ0v) is 9.18. The van der Waals surface area contributed by atoms with Gasteiger partial charge < -0.3 is 15.6 Å². The van der Waals surface area contributed by atoms with Crippen LogP contribution in [0.2, 0.25) is 0 Å². The SMILES string of the molecule is CC1(C)CC(O)(C2(N)CCOCC2)C1. The van der Waals surface area contributed by atoms with Crippen LogP contribution in [-0.2, 0) is 4.74 Å². The second kappa shape index (κ2) is 2.94. The van der Waals surface area contributed by atoms with Crippen LogP contribution in [0.25, 0.3) is 0 Å². The molecule has 0 atom stereocenters. The van der Waals surface area contributed by atoms with Crippen molar-refractivity contribution in [3.8, 4) is 0 Å². The second-order valence-electron chi connectivity index (χ2n) is 5.82. The minimum Gasteiger partial charge on any atom is -0.388 e. The van der Waals surface area contributed by atoms with Crippen molar-refractivity contribution in [3.05, 3.63) is 0 Å². The van der Waals surface area contributed by atoms with Gasteiger partial charge in [-0.2, -0.15) is 0 Å². The van der Waals surface area contributed by atoms with Crippen LogP contribution in [0, 0.1) is 5.41 Å². The van der Waals surface area contributed by atoms with Gasteiger partial charge in [-0.05, 0) is 31.1 Å².